The minimum Gasteiger partial charge on any atom is -0.472 e. The Balaban J connectivity index is 1.50. The van der Waals surface area contributed by atoms with Crippen molar-refractivity contribution in [3.05, 3.63) is 77.5 Å². The van der Waals surface area contributed by atoms with E-state index in [0.717, 1.165) is 28.9 Å². The van der Waals surface area contributed by atoms with Crippen LogP contribution in [0, 0.1) is 11.3 Å². The quantitative estimate of drug-likeness (QED) is 0.685. The van der Waals surface area contributed by atoms with Gasteiger partial charge in [-0.2, -0.15) is 10.4 Å². The monoisotopic (exact) mass is 344 g/mol. The lowest BCUT2D eigenvalue weighted by atomic mass is 10.1. The van der Waals surface area contributed by atoms with E-state index >= 15 is 0 Å². The van der Waals surface area contributed by atoms with Gasteiger partial charge in [-0.1, -0.05) is 0 Å². The zero-order valence-corrected chi connectivity index (χ0v) is 14.0. The second-order valence-corrected chi connectivity index (χ2v) is 6.09. The van der Waals surface area contributed by atoms with Crippen LogP contribution in [0.3, 0.4) is 0 Å². The number of rotatable bonds is 3. The average molecular weight is 344 g/mol. The molecule has 0 saturated carbocycles. The van der Waals surface area contributed by atoms with E-state index in [2.05, 4.69) is 11.2 Å². The zero-order valence-electron chi connectivity index (χ0n) is 14.0. The lowest BCUT2D eigenvalue weighted by molar-refractivity contribution is -0.126. The molecule has 6 nitrogen and oxygen atoms in total. The van der Waals surface area contributed by atoms with E-state index in [9.17, 15) is 4.79 Å². The van der Waals surface area contributed by atoms with Gasteiger partial charge in [-0.05, 0) is 36.4 Å². The fourth-order valence-corrected chi connectivity index (χ4v) is 3.06. The molecule has 1 aliphatic rings. The number of amides is 1. The molecule has 3 aromatic rings. The highest BCUT2D eigenvalue weighted by Gasteiger charge is 2.23. The van der Waals surface area contributed by atoms with E-state index < -0.39 is 0 Å². The van der Waals surface area contributed by atoms with E-state index in [1.54, 1.807) is 42.9 Å². The number of furan rings is 1. The van der Waals surface area contributed by atoms with Crippen LogP contribution in [0.15, 0.2) is 59.5 Å². The summed E-state index contributed by atoms with van der Waals surface area (Å²) >= 11 is 0. The summed E-state index contributed by atoms with van der Waals surface area (Å²) in [6, 6.07) is 11.3. The molecule has 4 rings (SSSR count). The molecule has 0 bridgehead atoms. The normalized spacial score (nSPS) is 13.6. The van der Waals surface area contributed by atoms with Gasteiger partial charge in [-0.25, -0.2) is 4.68 Å². The molecule has 3 heterocycles. The average Bonchev–Trinajstić information content (AvgIpc) is 3.35. The molecule has 0 radical (unpaired) electrons. The summed E-state index contributed by atoms with van der Waals surface area (Å²) in [6.45, 7) is 1.18. The van der Waals surface area contributed by atoms with E-state index in [1.807, 2.05) is 27.9 Å². The number of aromatic nitrogens is 2. The number of nitrogens with zero attached hydrogens (tertiary/aromatic N) is 4. The molecule has 0 fully saturated rings. The van der Waals surface area contributed by atoms with Crippen molar-refractivity contribution < 1.29 is 9.21 Å². The molecule has 0 unspecified atom stereocenters. The van der Waals surface area contributed by atoms with E-state index in [1.165, 1.54) is 0 Å². The maximum atomic E-state index is 12.4. The van der Waals surface area contributed by atoms with Crippen LogP contribution in [0.5, 0.6) is 0 Å². The zero-order chi connectivity index (χ0) is 17.9. The van der Waals surface area contributed by atoms with E-state index in [0.29, 0.717) is 18.7 Å². The number of nitriles is 1. The van der Waals surface area contributed by atoms with Crippen molar-refractivity contribution in [3.63, 3.8) is 0 Å². The lowest BCUT2D eigenvalue weighted by Crippen LogP contribution is -2.35. The SMILES string of the molecule is N#Cc1ccc(-n2ncc3c2CCN(C(=O)/C=C/c2ccoc2)C3)cc1. The number of carbonyl (C=O) groups excluding carboxylic acids is 1. The first-order valence-corrected chi connectivity index (χ1v) is 8.30. The molecule has 6 heteroatoms. The van der Waals surface area contributed by atoms with Crippen LogP contribution in [-0.4, -0.2) is 27.1 Å². The van der Waals surface area contributed by atoms with E-state index in [4.69, 9.17) is 9.68 Å². The minimum atomic E-state index is -0.0250. The van der Waals surface area contributed by atoms with Gasteiger partial charge in [0, 0.05) is 36.7 Å². The van der Waals surface area contributed by atoms with Gasteiger partial charge in [0.1, 0.15) is 0 Å². The van der Waals surface area contributed by atoms with Gasteiger partial charge < -0.3 is 9.32 Å². The first-order chi connectivity index (χ1) is 12.7. The fourth-order valence-electron chi connectivity index (χ4n) is 3.06. The van der Waals surface area contributed by atoms with Crippen molar-refractivity contribution in [2.45, 2.75) is 13.0 Å². The van der Waals surface area contributed by atoms with Gasteiger partial charge in [-0.15, -0.1) is 0 Å². The molecular weight excluding hydrogens is 328 g/mol. The summed E-state index contributed by atoms with van der Waals surface area (Å²) in [5, 5.41) is 13.4. The number of benzene rings is 1. The number of carbonyl (C=O) groups is 1. The molecule has 26 heavy (non-hydrogen) atoms. The summed E-state index contributed by atoms with van der Waals surface area (Å²) in [7, 11) is 0. The Kier molecular flexibility index (Phi) is 4.12. The van der Waals surface area contributed by atoms with Gasteiger partial charge in [0.05, 0.1) is 41.7 Å². The molecule has 2 aromatic heterocycles. The number of hydrogen-bond donors (Lipinski definition) is 0. The van der Waals surface area contributed by atoms with Crippen LogP contribution >= 0.6 is 0 Å². The molecule has 128 valence electrons. The molecule has 0 atom stereocenters. The largest absolute Gasteiger partial charge is 0.472 e. The topological polar surface area (TPSA) is 75.1 Å². The second kappa shape index (κ2) is 6.73. The first kappa shape index (κ1) is 15.9. The second-order valence-electron chi connectivity index (χ2n) is 6.09. The van der Waals surface area contributed by atoms with Crippen molar-refractivity contribution in [1.82, 2.24) is 14.7 Å². The van der Waals surface area contributed by atoms with Crippen molar-refractivity contribution >= 4 is 12.0 Å². The van der Waals surface area contributed by atoms with Crippen LogP contribution in [0.25, 0.3) is 11.8 Å². The Morgan fingerprint density at radius 3 is 2.85 bits per heavy atom. The van der Waals surface area contributed by atoms with Crippen molar-refractivity contribution in [3.8, 4) is 11.8 Å². The summed E-state index contributed by atoms with van der Waals surface area (Å²) < 4.78 is 6.88. The summed E-state index contributed by atoms with van der Waals surface area (Å²) in [6.07, 6.45) is 9.05. The highest BCUT2D eigenvalue weighted by molar-refractivity contribution is 5.91. The van der Waals surface area contributed by atoms with Crippen LogP contribution in [-0.2, 0) is 17.8 Å². The maximum Gasteiger partial charge on any atom is 0.246 e. The first-order valence-electron chi connectivity index (χ1n) is 8.30. The number of fused-ring (bicyclic) bond motifs is 1. The van der Waals surface area contributed by atoms with Crippen LogP contribution in [0.2, 0.25) is 0 Å². The summed E-state index contributed by atoms with van der Waals surface area (Å²) in [4.78, 5) is 14.2. The maximum absolute atomic E-state index is 12.4. The molecule has 1 aliphatic heterocycles. The third-order valence-electron chi connectivity index (χ3n) is 4.45. The predicted molar refractivity (Wildman–Crippen MR) is 95.1 cm³/mol. The highest BCUT2D eigenvalue weighted by atomic mass is 16.3. The van der Waals surface area contributed by atoms with Gasteiger partial charge in [0.2, 0.25) is 5.91 Å². The van der Waals surface area contributed by atoms with Crippen LogP contribution < -0.4 is 0 Å². The lowest BCUT2D eigenvalue weighted by Gasteiger charge is -2.26. The van der Waals surface area contributed by atoms with E-state index in [-0.39, 0.29) is 5.91 Å². The predicted octanol–water partition coefficient (Wildman–Crippen LogP) is 2.94. The Bertz CT molecular complexity index is 992. The molecular formula is C20H16N4O2. The Labute approximate surface area is 150 Å². The van der Waals surface area contributed by atoms with Crippen molar-refractivity contribution in [2.75, 3.05) is 6.54 Å². The third kappa shape index (κ3) is 3.03. The molecule has 0 spiro atoms. The minimum absolute atomic E-state index is 0.0250. The molecule has 0 saturated heterocycles. The Hall–Kier alpha value is -3.59. The highest BCUT2D eigenvalue weighted by Crippen LogP contribution is 2.22. The smallest absolute Gasteiger partial charge is 0.246 e. The van der Waals surface area contributed by atoms with Crippen LogP contribution in [0.4, 0.5) is 0 Å². The van der Waals surface area contributed by atoms with Gasteiger partial charge in [0.25, 0.3) is 0 Å². The van der Waals surface area contributed by atoms with Gasteiger partial charge in [-0.3, -0.25) is 4.79 Å². The molecule has 1 aromatic carbocycles. The Morgan fingerprint density at radius 1 is 1.27 bits per heavy atom. The number of hydrogen-bond acceptors (Lipinski definition) is 4. The van der Waals surface area contributed by atoms with Crippen molar-refractivity contribution in [2.24, 2.45) is 0 Å². The molecule has 0 N–H and O–H groups in total. The molecule has 0 aliphatic carbocycles. The van der Waals surface area contributed by atoms with Crippen LogP contribution in [0.1, 0.15) is 22.4 Å². The summed E-state index contributed by atoms with van der Waals surface area (Å²) in [5.41, 5.74) is 4.56. The summed E-state index contributed by atoms with van der Waals surface area (Å²) in [5.74, 6) is -0.0250. The Morgan fingerprint density at radius 2 is 2.12 bits per heavy atom. The van der Waals surface area contributed by atoms with Crippen molar-refractivity contribution in [1.29, 1.82) is 5.26 Å². The molecule has 1 amide bonds. The third-order valence-corrected chi connectivity index (χ3v) is 4.45. The van der Waals surface area contributed by atoms with Gasteiger partial charge >= 0.3 is 0 Å². The standard InChI is InChI=1S/C20H16N4O2/c21-11-15-1-4-18(5-2-15)24-19-7-9-23(13-17(19)12-22-24)20(25)6-3-16-8-10-26-14-16/h1-6,8,10,12,14H,7,9,13H2/b6-3+. The fraction of sp³-hybridized carbons (Fsp3) is 0.150. The van der Waals surface area contributed by atoms with Gasteiger partial charge in [0.15, 0.2) is 0 Å².